The number of methoxy groups -OCH3 is 2. The quantitative estimate of drug-likeness (QED) is 0.740. The third kappa shape index (κ3) is 3.94. The average molecular weight is 290 g/mol. The molecule has 0 aromatic carbocycles. The second-order valence-electron chi connectivity index (χ2n) is 3.35. The summed E-state index contributed by atoms with van der Waals surface area (Å²) in [6.45, 7) is 1.44. The van der Waals surface area contributed by atoms with Crippen molar-refractivity contribution in [2.24, 2.45) is 0 Å². The Kier molecular flexibility index (Phi) is 5.48. The Morgan fingerprint density at radius 1 is 1.44 bits per heavy atom. The van der Waals surface area contributed by atoms with Gasteiger partial charge in [0.25, 0.3) is 0 Å². The van der Waals surface area contributed by atoms with Gasteiger partial charge in [0, 0.05) is 20.7 Å². The van der Waals surface area contributed by atoms with Gasteiger partial charge in [-0.25, -0.2) is 0 Å². The van der Waals surface area contributed by atoms with Gasteiger partial charge >= 0.3 is 0 Å². The lowest BCUT2D eigenvalue weighted by Gasteiger charge is -2.20. The molecule has 0 saturated carbocycles. The number of aromatic nitrogens is 2. The van der Waals surface area contributed by atoms with Gasteiger partial charge in [-0.05, 0) is 0 Å². The van der Waals surface area contributed by atoms with Crippen molar-refractivity contribution in [2.45, 2.75) is 4.83 Å². The van der Waals surface area contributed by atoms with Gasteiger partial charge in [-0.2, -0.15) is 4.98 Å². The number of halogens is 1. The first-order valence-electron chi connectivity index (χ1n) is 4.87. The molecule has 0 amide bonds. The maximum Gasteiger partial charge on any atom is 0.233 e. The second kappa shape index (κ2) is 6.65. The lowest BCUT2D eigenvalue weighted by Crippen LogP contribution is -2.28. The van der Waals surface area contributed by atoms with Crippen LogP contribution >= 0.6 is 15.9 Å². The predicted octanol–water partition coefficient (Wildman–Crippen LogP) is 1.33. The van der Waals surface area contributed by atoms with Gasteiger partial charge in [-0.1, -0.05) is 15.9 Å². The third-order valence-electron chi connectivity index (χ3n) is 2.02. The minimum absolute atomic E-state index is 0.260. The van der Waals surface area contributed by atoms with E-state index in [-0.39, 0.29) is 4.83 Å². The lowest BCUT2D eigenvalue weighted by molar-refractivity contribution is 0.201. The Bertz CT molecular complexity index is 325. The summed E-state index contributed by atoms with van der Waals surface area (Å²) in [5.74, 6) is 1.29. The van der Waals surface area contributed by atoms with Crippen molar-refractivity contribution in [1.29, 1.82) is 0 Å². The molecular weight excluding hydrogens is 274 g/mol. The van der Waals surface area contributed by atoms with Gasteiger partial charge in [0.1, 0.15) is 0 Å². The van der Waals surface area contributed by atoms with Crippen LogP contribution in [0.1, 0.15) is 0 Å². The molecule has 0 aliphatic heterocycles. The number of rotatable bonds is 6. The maximum absolute atomic E-state index is 5.05. The Hall–Kier alpha value is -0.880. The molecule has 16 heavy (non-hydrogen) atoms. The zero-order chi connectivity index (χ0) is 12.0. The molecule has 0 radical (unpaired) electrons. The Morgan fingerprint density at radius 2 is 2.19 bits per heavy atom. The number of nitrogens with zero attached hydrogens (tertiary/aromatic N) is 3. The van der Waals surface area contributed by atoms with E-state index in [1.165, 1.54) is 0 Å². The Labute approximate surface area is 104 Å². The Morgan fingerprint density at radius 3 is 2.81 bits per heavy atom. The van der Waals surface area contributed by atoms with Crippen LogP contribution < -0.4 is 9.64 Å². The molecule has 0 bridgehead atoms. The van der Waals surface area contributed by atoms with E-state index >= 15 is 0 Å². The predicted molar refractivity (Wildman–Crippen MR) is 66.4 cm³/mol. The van der Waals surface area contributed by atoms with Crippen LogP contribution in [0.2, 0.25) is 0 Å². The summed E-state index contributed by atoms with van der Waals surface area (Å²) in [5, 5.41) is 0. The summed E-state index contributed by atoms with van der Waals surface area (Å²) >= 11 is 3.53. The van der Waals surface area contributed by atoms with E-state index in [1.807, 2.05) is 11.9 Å². The normalized spacial score (nSPS) is 12.2. The molecule has 0 aliphatic carbocycles. The number of hydrogen-bond donors (Lipinski definition) is 0. The minimum atomic E-state index is 0.260. The fraction of sp³-hybridized carbons (Fsp3) is 0.600. The van der Waals surface area contributed by atoms with E-state index in [0.29, 0.717) is 12.5 Å². The van der Waals surface area contributed by atoms with E-state index in [1.54, 1.807) is 26.6 Å². The molecule has 1 rings (SSSR count). The highest BCUT2D eigenvalue weighted by atomic mass is 79.9. The van der Waals surface area contributed by atoms with E-state index in [2.05, 4.69) is 25.9 Å². The largest absolute Gasteiger partial charge is 0.480 e. The summed E-state index contributed by atoms with van der Waals surface area (Å²) in [6.07, 6.45) is 3.28. The third-order valence-corrected chi connectivity index (χ3v) is 2.57. The van der Waals surface area contributed by atoms with E-state index in [9.17, 15) is 0 Å². The van der Waals surface area contributed by atoms with Crippen molar-refractivity contribution >= 4 is 21.7 Å². The van der Waals surface area contributed by atoms with Crippen molar-refractivity contribution in [2.75, 3.05) is 39.3 Å². The average Bonchev–Trinajstić information content (AvgIpc) is 2.29. The van der Waals surface area contributed by atoms with Gasteiger partial charge in [0.05, 0.1) is 30.9 Å². The molecule has 1 aromatic heterocycles. The van der Waals surface area contributed by atoms with Gasteiger partial charge in [-0.3, -0.25) is 4.98 Å². The first kappa shape index (κ1) is 13.2. The molecule has 1 heterocycles. The van der Waals surface area contributed by atoms with Crippen LogP contribution in [0.15, 0.2) is 12.4 Å². The SMILES string of the molecule is COCC(Br)CN(C)c1cncc(OC)n1. The molecule has 1 unspecified atom stereocenters. The van der Waals surface area contributed by atoms with E-state index in [4.69, 9.17) is 9.47 Å². The van der Waals surface area contributed by atoms with Crippen LogP contribution in [-0.4, -0.2) is 49.2 Å². The smallest absolute Gasteiger partial charge is 0.233 e. The fourth-order valence-electron chi connectivity index (χ4n) is 1.24. The molecule has 0 fully saturated rings. The van der Waals surface area contributed by atoms with Crippen LogP contribution in [0, 0.1) is 0 Å². The number of anilines is 1. The van der Waals surface area contributed by atoms with Crippen molar-refractivity contribution < 1.29 is 9.47 Å². The van der Waals surface area contributed by atoms with Crippen LogP contribution in [0.5, 0.6) is 5.88 Å². The molecule has 0 saturated heterocycles. The summed E-state index contributed by atoms with van der Waals surface area (Å²) in [5.41, 5.74) is 0. The molecule has 0 spiro atoms. The number of alkyl halides is 1. The van der Waals surface area contributed by atoms with Crippen molar-refractivity contribution in [1.82, 2.24) is 9.97 Å². The van der Waals surface area contributed by atoms with Crippen molar-refractivity contribution in [3.63, 3.8) is 0 Å². The lowest BCUT2D eigenvalue weighted by atomic mass is 10.4. The molecule has 0 aliphatic rings. The Balaban J connectivity index is 2.61. The number of hydrogen-bond acceptors (Lipinski definition) is 5. The zero-order valence-electron chi connectivity index (χ0n) is 9.68. The van der Waals surface area contributed by atoms with Crippen LogP contribution in [0.3, 0.4) is 0 Å². The summed E-state index contributed by atoms with van der Waals surface area (Å²) in [6, 6.07) is 0. The molecule has 0 N–H and O–H groups in total. The topological polar surface area (TPSA) is 47.5 Å². The molecular formula is C10H16BrN3O2. The van der Waals surface area contributed by atoms with Crippen LogP contribution in [0.25, 0.3) is 0 Å². The summed E-state index contributed by atoms with van der Waals surface area (Å²) in [4.78, 5) is 10.6. The monoisotopic (exact) mass is 289 g/mol. The second-order valence-corrected chi connectivity index (χ2v) is 4.65. The maximum atomic E-state index is 5.05. The van der Waals surface area contributed by atoms with E-state index < -0.39 is 0 Å². The first-order chi connectivity index (χ1) is 7.67. The molecule has 1 atom stereocenters. The standard InChI is InChI=1S/C10H16BrN3O2/c1-14(6-8(11)7-15-2)9-4-12-5-10(13-9)16-3/h4-5,8H,6-7H2,1-3H3. The first-order valence-corrected chi connectivity index (χ1v) is 5.79. The van der Waals surface area contributed by atoms with E-state index in [0.717, 1.165) is 12.4 Å². The van der Waals surface area contributed by atoms with Crippen molar-refractivity contribution in [3.05, 3.63) is 12.4 Å². The van der Waals surface area contributed by atoms with Crippen molar-refractivity contribution in [3.8, 4) is 5.88 Å². The van der Waals surface area contributed by atoms with Gasteiger partial charge in [0.2, 0.25) is 5.88 Å². The molecule has 90 valence electrons. The van der Waals surface area contributed by atoms with Gasteiger partial charge in [0.15, 0.2) is 5.82 Å². The summed E-state index contributed by atoms with van der Waals surface area (Å²) in [7, 11) is 5.21. The molecule has 5 nitrogen and oxygen atoms in total. The zero-order valence-corrected chi connectivity index (χ0v) is 11.3. The van der Waals surface area contributed by atoms with Gasteiger partial charge < -0.3 is 14.4 Å². The van der Waals surface area contributed by atoms with Gasteiger partial charge in [-0.15, -0.1) is 0 Å². The molecule has 6 heteroatoms. The number of ether oxygens (including phenoxy) is 2. The fourth-order valence-corrected chi connectivity index (χ4v) is 1.94. The van der Waals surface area contributed by atoms with Crippen LogP contribution in [0.4, 0.5) is 5.82 Å². The summed E-state index contributed by atoms with van der Waals surface area (Å²) < 4.78 is 10.1. The highest BCUT2D eigenvalue weighted by Gasteiger charge is 2.10. The molecule has 1 aromatic rings. The minimum Gasteiger partial charge on any atom is -0.480 e. The highest BCUT2D eigenvalue weighted by molar-refractivity contribution is 9.09. The highest BCUT2D eigenvalue weighted by Crippen LogP contribution is 2.13. The van der Waals surface area contributed by atoms with Crippen LogP contribution in [-0.2, 0) is 4.74 Å².